The quantitative estimate of drug-likeness (QED) is 0.818. The van der Waals surface area contributed by atoms with E-state index in [0.29, 0.717) is 0 Å². The molecule has 4 nitrogen and oxygen atoms in total. The number of rotatable bonds is 4. The lowest BCUT2D eigenvalue weighted by atomic mass is 10.1. The lowest BCUT2D eigenvalue weighted by molar-refractivity contribution is 0.677. The number of nitrogens with one attached hydrogen (secondary N) is 2. The third-order valence-electron chi connectivity index (χ3n) is 2.53. The first-order chi connectivity index (χ1) is 7.75. The highest BCUT2D eigenvalue weighted by Gasteiger charge is 1.99. The maximum Gasteiger partial charge on any atom is 0.103 e. The molecule has 0 aliphatic heterocycles. The number of aromatic nitrogens is 3. The van der Waals surface area contributed by atoms with Crippen LogP contribution in [0.2, 0.25) is 0 Å². The van der Waals surface area contributed by atoms with Crippen molar-refractivity contribution in [1.82, 2.24) is 20.3 Å². The summed E-state index contributed by atoms with van der Waals surface area (Å²) in [6, 6.07) is 2.03. The van der Waals surface area contributed by atoms with Gasteiger partial charge >= 0.3 is 0 Å². The summed E-state index contributed by atoms with van der Waals surface area (Å²) in [4.78, 5) is 11.5. The molecule has 0 spiro atoms. The van der Waals surface area contributed by atoms with Crippen LogP contribution in [0.25, 0.3) is 0 Å². The molecule has 2 aromatic heterocycles. The van der Waals surface area contributed by atoms with E-state index in [1.165, 1.54) is 11.1 Å². The van der Waals surface area contributed by atoms with Crippen molar-refractivity contribution in [2.24, 2.45) is 0 Å². The standard InChI is InChI=1S/C12H16N4/c1-9-3-4-13-5-11(9)6-14-7-12-8-15-10(2)16-12/h3-5,8,14H,6-7H2,1-2H3,(H,15,16). The van der Waals surface area contributed by atoms with E-state index in [0.717, 1.165) is 24.6 Å². The molecule has 0 bridgehead atoms. The van der Waals surface area contributed by atoms with Gasteiger partial charge in [-0.1, -0.05) is 0 Å². The van der Waals surface area contributed by atoms with Crippen molar-refractivity contribution in [3.05, 3.63) is 47.3 Å². The van der Waals surface area contributed by atoms with Crippen LogP contribution in [0, 0.1) is 13.8 Å². The van der Waals surface area contributed by atoms with Gasteiger partial charge in [0.1, 0.15) is 5.82 Å². The number of nitrogens with zero attached hydrogens (tertiary/aromatic N) is 2. The molecule has 0 unspecified atom stereocenters. The summed E-state index contributed by atoms with van der Waals surface area (Å²) in [5, 5.41) is 3.36. The first kappa shape index (κ1) is 10.8. The van der Waals surface area contributed by atoms with Crippen LogP contribution in [0.3, 0.4) is 0 Å². The Morgan fingerprint density at radius 2 is 2.12 bits per heavy atom. The maximum absolute atomic E-state index is 4.15. The van der Waals surface area contributed by atoms with Crippen molar-refractivity contribution in [3.63, 3.8) is 0 Å². The predicted molar refractivity (Wildman–Crippen MR) is 62.8 cm³/mol. The van der Waals surface area contributed by atoms with E-state index in [1.54, 1.807) is 0 Å². The molecule has 4 heteroatoms. The van der Waals surface area contributed by atoms with Gasteiger partial charge in [0.2, 0.25) is 0 Å². The minimum atomic E-state index is 0.801. The fourth-order valence-corrected chi connectivity index (χ4v) is 1.58. The predicted octanol–water partition coefficient (Wildman–Crippen LogP) is 1.71. The molecule has 84 valence electrons. The van der Waals surface area contributed by atoms with Gasteiger partial charge < -0.3 is 10.3 Å². The topological polar surface area (TPSA) is 53.6 Å². The molecule has 2 rings (SSSR count). The molecular formula is C12H16N4. The average molecular weight is 216 g/mol. The zero-order chi connectivity index (χ0) is 11.4. The van der Waals surface area contributed by atoms with E-state index in [4.69, 9.17) is 0 Å². The van der Waals surface area contributed by atoms with Crippen molar-refractivity contribution in [2.75, 3.05) is 0 Å². The van der Waals surface area contributed by atoms with Gasteiger partial charge in [0.15, 0.2) is 0 Å². The third kappa shape index (κ3) is 2.67. The fraction of sp³-hybridized carbons (Fsp3) is 0.333. The summed E-state index contributed by atoms with van der Waals surface area (Å²) < 4.78 is 0. The molecule has 0 aromatic carbocycles. The van der Waals surface area contributed by atoms with Gasteiger partial charge in [0, 0.05) is 37.4 Å². The molecule has 0 atom stereocenters. The van der Waals surface area contributed by atoms with E-state index >= 15 is 0 Å². The van der Waals surface area contributed by atoms with Gasteiger partial charge in [0.25, 0.3) is 0 Å². The number of pyridine rings is 1. The summed E-state index contributed by atoms with van der Waals surface area (Å²) in [5.74, 6) is 0.953. The number of aromatic amines is 1. The van der Waals surface area contributed by atoms with Crippen molar-refractivity contribution in [2.45, 2.75) is 26.9 Å². The lowest BCUT2D eigenvalue weighted by Crippen LogP contribution is -2.13. The van der Waals surface area contributed by atoms with Gasteiger partial charge in [-0.2, -0.15) is 0 Å². The first-order valence-electron chi connectivity index (χ1n) is 5.36. The van der Waals surface area contributed by atoms with E-state index in [2.05, 4.69) is 27.2 Å². The average Bonchev–Trinajstić information content (AvgIpc) is 2.67. The van der Waals surface area contributed by atoms with E-state index in [-0.39, 0.29) is 0 Å². The summed E-state index contributed by atoms with van der Waals surface area (Å²) in [7, 11) is 0. The highest BCUT2D eigenvalue weighted by atomic mass is 15.0. The van der Waals surface area contributed by atoms with Crippen molar-refractivity contribution in [1.29, 1.82) is 0 Å². The van der Waals surface area contributed by atoms with Gasteiger partial charge in [-0.25, -0.2) is 4.98 Å². The Morgan fingerprint density at radius 3 is 2.81 bits per heavy atom. The van der Waals surface area contributed by atoms with Crippen LogP contribution in [-0.4, -0.2) is 15.0 Å². The smallest absolute Gasteiger partial charge is 0.103 e. The Morgan fingerprint density at radius 1 is 1.25 bits per heavy atom. The first-order valence-corrected chi connectivity index (χ1v) is 5.36. The number of H-pyrrole nitrogens is 1. The van der Waals surface area contributed by atoms with Crippen LogP contribution >= 0.6 is 0 Å². The molecule has 0 aliphatic rings. The molecule has 0 aliphatic carbocycles. The highest BCUT2D eigenvalue weighted by Crippen LogP contribution is 2.04. The SMILES string of the molecule is Cc1ncc(CNCc2cnccc2C)[nH]1. The Kier molecular flexibility index (Phi) is 3.31. The normalized spacial score (nSPS) is 10.6. The molecule has 2 heterocycles. The number of aryl methyl sites for hydroxylation is 2. The van der Waals surface area contributed by atoms with E-state index in [1.807, 2.05) is 31.6 Å². The van der Waals surface area contributed by atoms with Crippen LogP contribution in [0.5, 0.6) is 0 Å². The van der Waals surface area contributed by atoms with Gasteiger partial charge in [0.05, 0.1) is 0 Å². The number of imidazole rings is 1. The summed E-state index contributed by atoms with van der Waals surface area (Å²) >= 11 is 0. The molecule has 0 saturated carbocycles. The summed E-state index contributed by atoms with van der Waals surface area (Å²) in [6.45, 7) is 5.68. The molecule has 0 fully saturated rings. The second kappa shape index (κ2) is 4.90. The van der Waals surface area contributed by atoms with E-state index < -0.39 is 0 Å². The number of hydrogen-bond acceptors (Lipinski definition) is 3. The molecular weight excluding hydrogens is 200 g/mol. The largest absolute Gasteiger partial charge is 0.345 e. The minimum Gasteiger partial charge on any atom is -0.345 e. The zero-order valence-corrected chi connectivity index (χ0v) is 9.62. The summed E-state index contributed by atoms with van der Waals surface area (Å²) in [5.41, 5.74) is 3.61. The Hall–Kier alpha value is -1.68. The zero-order valence-electron chi connectivity index (χ0n) is 9.62. The molecule has 2 aromatic rings. The Bertz CT molecular complexity index is 462. The van der Waals surface area contributed by atoms with Crippen LogP contribution in [0.15, 0.2) is 24.7 Å². The number of hydrogen-bond donors (Lipinski definition) is 2. The Labute approximate surface area is 95.1 Å². The second-order valence-corrected chi connectivity index (χ2v) is 3.90. The maximum atomic E-state index is 4.15. The van der Waals surface area contributed by atoms with Crippen LogP contribution in [0.1, 0.15) is 22.6 Å². The van der Waals surface area contributed by atoms with Gasteiger partial charge in [-0.15, -0.1) is 0 Å². The molecule has 16 heavy (non-hydrogen) atoms. The van der Waals surface area contributed by atoms with E-state index in [9.17, 15) is 0 Å². The lowest BCUT2D eigenvalue weighted by Gasteiger charge is -2.05. The second-order valence-electron chi connectivity index (χ2n) is 3.90. The van der Waals surface area contributed by atoms with Crippen LogP contribution < -0.4 is 5.32 Å². The molecule has 0 amide bonds. The van der Waals surface area contributed by atoms with Crippen molar-refractivity contribution < 1.29 is 0 Å². The van der Waals surface area contributed by atoms with Crippen LogP contribution in [0.4, 0.5) is 0 Å². The molecule has 2 N–H and O–H groups in total. The van der Waals surface area contributed by atoms with Gasteiger partial charge in [-0.05, 0) is 31.0 Å². The molecule has 0 radical (unpaired) electrons. The highest BCUT2D eigenvalue weighted by molar-refractivity contribution is 5.21. The fourth-order valence-electron chi connectivity index (χ4n) is 1.58. The molecule has 0 saturated heterocycles. The van der Waals surface area contributed by atoms with Gasteiger partial charge in [-0.3, -0.25) is 4.98 Å². The van der Waals surface area contributed by atoms with Crippen molar-refractivity contribution in [3.8, 4) is 0 Å². The van der Waals surface area contributed by atoms with Crippen molar-refractivity contribution >= 4 is 0 Å². The Balaban J connectivity index is 1.87. The third-order valence-corrected chi connectivity index (χ3v) is 2.53. The monoisotopic (exact) mass is 216 g/mol. The summed E-state index contributed by atoms with van der Waals surface area (Å²) in [6.07, 6.45) is 5.58. The minimum absolute atomic E-state index is 0.801. The van der Waals surface area contributed by atoms with Crippen LogP contribution in [-0.2, 0) is 13.1 Å².